The fourth-order valence-corrected chi connectivity index (χ4v) is 4.93. The van der Waals surface area contributed by atoms with Crippen LogP contribution in [-0.2, 0) is 0 Å². The summed E-state index contributed by atoms with van der Waals surface area (Å²) in [5, 5.41) is 10.5. The lowest BCUT2D eigenvalue weighted by atomic mass is 9.83. The molecule has 0 saturated heterocycles. The quantitative estimate of drug-likeness (QED) is 0.827. The third-order valence-electron chi connectivity index (χ3n) is 4.55. The van der Waals surface area contributed by atoms with Crippen molar-refractivity contribution < 1.29 is 5.11 Å². The molecule has 88 valence electrons. The van der Waals surface area contributed by atoms with Gasteiger partial charge >= 0.3 is 0 Å². The Morgan fingerprint density at radius 2 is 2.12 bits per heavy atom. The van der Waals surface area contributed by atoms with E-state index in [2.05, 4.69) is 19.9 Å². The number of aliphatic hydroxyl groups excluding tert-OH is 1. The molecule has 2 aliphatic carbocycles. The first-order chi connectivity index (χ1) is 7.65. The van der Waals surface area contributed by atoms with Crippen molar-refractivity contribution >= 4 is 11.3 Å². The molecular formula is C14H20OS. The van der Waals surface area contributed by atoms with E-state index in [0.29, 0.717) is 5.92 Å². The van der Waals surface area contributed by atoms with E-state index >= 15 is 0 Å². The summed E-state index contributed by atoms with van der Waals surface area (Å²) in [6.45, 7) is 4.27. The Bertz CT molecular complexity index is 395. The lowest BCUT2D eigenvalue weighted by Gasteiger charge is -2.26. The molecule has 4 unspecified atom stereocenters. The predicted octanol–water partition coefficient (Wildman–Crippen LogP) is 3.83. The van der Waals surface area contributed by atoms with Crippen LogP contribution in [0.15, 0.2) is 6.07 Å². The lowest BCUT2D eigenvalue weighted by Crippen LogP contribution is -2.18. The van der Waals surface area contributed by atoms with Crippen molar-refractivity contribution in [3.63, 3.8) is 0 Å². The number of rotatable bonds is 2. The van der Waals surface area contributed by atoms with Crippen molar-refractivity contribution in [3.05, 3.63) is 21.4 Å². The SMILES string of the molecule is Cc1cc(C)c(C(O)C2CC3CCC2C3)s1. The highest BCUT2D eigenvalue weighted by Crippen LogP contribution is 2.53. The van der Waals surface area contributed by atoms with Crippen LogP contribution in [0.2, 0.25) is 0 Å². The van der Waals surface area contributed by atoms with Crippen LogP contribution in [-0.4, -0.2) is 5.11 Å². The van der Waals surface area contributed by atoms with Gasteiger partial charge in [-0.15, -0.1) is 11.3 Å². The van der Waals surface area contributed by atoms with Gasteiger partial charge in [0, 0.05) is 9.75 Å². The van der Waals surface area contributed by atoms with Crippen LogP contribution in [0, 0.1) is 31.6 Å². The summed E-state index contributed by atoms with van der Waals surface area (Å²) in [5.74, 6) is 2.28. The summed E-state index contributed by atoms with van der Waals surface area (Å²) in [7, 11) is 0. The van der Waals surface area contributed by atoms with Crippen molar-refractivity contribution in [2.45, 2.75) is 45.6 Å². The van der Waals surface area contributed by atoms with Crippen LogP contribution in [0.3, 0.4) is 0 Å². The molecular weight excluding hydrogens is 216 g/mol. The minimum atomic E-state index is -0.186. The zero-order valence-electron chi connectivity index (χ0n) is 10.1. The minimum Gasteiger partial charge on any atom is -0.387 e. The second kappa shape index (κ2) is 3.85. The average molecular weight is 236 g/mol. The first-order valence-electron chi connectivity index (χ1n) is 6.40. The second-order valence-electron chi connectivity index (χ2n) is 5.69. The Hall–Kier alpha value is -0.340. The summed E-state index contributed by atoms with van der Waals surface area (Å²) >= 11 is 1.79. The smallest absolute Gasteiger partial charge is 0.0915 e. The van der Waals surface area contributed by atoms with Gasteiger partial charge in [0.2, 0.25) is 0 Å². The number of hydrogen-bond donors (Lipinski definition) is 1. The summed E-state index contributed by atoms with van der Waals surface area (Å²) in [6, 6.07) is 2.20. The molecule has 3 rings (SSSR count). The number of aliphatic hydroxyl groups is 1. The molecule has 2 bridgehead atoms. The van der Waals surface area contributed by atoms with Crippen LogP contribution in [0.4, 0.5) is 0 Å². The van der Waals surface area contributed by atoms with Gasteiger partial charge in [0.1, 0.15) is 0 Å². The standard InChI is InChI=1S/C14H20OS/c1-8-5-9(2)16-14(8)13(15)12-7-10-3-4-11(12)6-10/h5,10-13,15H,3-4,6-7H2,1-2H3. The van der Waals surface area contributed by atoms with E-state index in [1.165, 1.54) is 41.0 Å². The monoisotopic (exact) mass is 236 g/mol. The van der Waals surface area contributed by atoms with Crippen LogP contribution < -0.4 is 0 Å². The summed E-state index contributed by atoms with van der Waals surface area (Å²) < 4.78 is 0. The Morgan fingerprint density at radius 3 is 2.62 bits per heavy atom. The van der Waals surface area contributed by atoms with Crippen molar-refractivity contribution in [2.24, 2.45) is 17.8 Å². The maximum atomic E-state index is 10.5. The van der Waals surface area contributed by atoms with Gasteiger partial charge in [-0.25, -0.2) is 0 Å². The van der Waals surface area contributed by atoms with Crippen molar-refractivity contribution in [1.82, 2.24) is 0 Å². The van der Waals surface area contributed by atoms with Crippen molar-refractivity contribution in [2.75, 3.05) is 0 Å². The van der Waals surface area contributed by atoms with Crippen LogP contribution in [0.5, 0.6) is 0 Å². The van der Waals surface area contributed by atoms with Crippen molar-refractivity contribution in [1.29, 1.82) is 0 Å². The first kappa shape index (κ1) is 10.8. The van der Waals surface area contributed by atoms with Crippen LogP contribution >= 0.6 is 11.3 Å². The molecule has 4 atom stereocenters. The normalized spacial score (nSPS) is 34.6. The fraction of sp³-hybridized carbons (Fsp3) is 0.714. The summed E-state index contributed by atoms with van der Waals surface area (Å²) in [5.41, 5.74) is 1.29. The molecule has 1 aromatic rings. The van der Waals surface area contributed by atoms with Gasteiger partial charge in [-0.2, -0.15) is 0 Å². The fourth-order valence-electron chi connectivity index (χ4n) is 3.83. The Kier molecular flexibility index (Phi) is 2.60. The highest BCUT2D eigenvalue weighted by atomic mass is 32.1. The highest BCUT2D eigenvalue weighted by molar-refractivity contribution is 7.12. The molecule has 1 heterocycles. The van der Waals surface area contributed by atoms with Gasteiger partial charge in [0.25, 0.3) is 0 Å². The molecule has 1 N–H and O–H groups in total. The van der Waals surface area contributed by atoms with E-state index in [1.807, 2.05) is 0 Å². The number of fused-ring (bicyclic) bond motifs is 2. The Labute approximate surface area is 102 Å². The topological polar surface area (TPSA) is 20.2 Å². The van der Waals surface area contributed by atoms with Crippen LogP contribution in [0.25, 0.3) is 0 Å². The summed E-state index contributed by atoms with van der Waals surface area (Å²) in [4.78, 5) is 2.56. The van der Waals surface area contributed by atoms with E-state index in [0.717, 1.165) is 11.8 Å². The molecule has 2 saturated carbocycles. The van der Waals surface area contributed by atoms with E-state index < -0.39 is 0 Å². The van der Waals surface area contributed by atoms with Crippen molar-refractivity contribution in [3.8, 4) is 0 Å². The second-order valence-corrected chi connectivity index (χ2v) is 6.98. The van der Waals surface area contributed by atoms with E-state index in [4.69, 9.17) is 0 Å². The Morgan fingerprint density at radius 1 is 1.31 bits per heavy atom. The largest absolute Gasteiger partial charge is 0.387 e. The third-order valence-corrected chi connectivity index (χ3v) is 5.77. The van der Waals surface area contributed by atoms with Gasteiger partial charge in [-0.1, -0.05) is 6.42 Å². The van der Waals surface area contributed by atoms with E-state index in [-0.39, 0.29) is 6.10 Å². The molecule has 0 amide bonds. The predicted molar refractivity (Wildman–Crippen MR) is 67.7 cm³/mol. The molecule has 2 aliphatic rings. The first-order valence-corrected chi connectivity index (χ1v) is 7.22. The van der Waals surface area contributed by atoms with Gasteiger partial charge in [0.05, 0.1) is 6.10 Å². The zero-order chi connectivity index (χ0) is 11.3. The molecule has 0 spiro atoms. The maximum Gasteiger partial charge on any atom is 0.0915 e. The van der Waals surface area contributed by atoms with Gasteiger partial charge < -0.3 is 5.11 Å². The number of aryl methyl sites for hydroxylation is 2. The number of hydrogen-bond acceptors (Lipinski definition) is 2. The molecule has 2 heteroatoms. The van der Waals surface area contributed by atoms with Gasteiger partial charge in [-0.05, 0) is 62.5 Å². The molecule has 0 radical (unpaired) electrons. The third kappa shape index (κ3) is 1.63. The van der Waals surface area contributed by atoms with Gasteiger partial charge in [-0.3, -0.25) is 0 Å². The molecule has 1 aromatic heterocycles. The zero-order valence-corrected chi connectivity index (χ0v) is 10.9. The average Bonchev–Trinajstić information content (AvgIpc) is 2.91. The molecule has 2 fully saturated rings. The molecule has 0 aromatic carbocycles. The van der Waals surface area contributed by atoms with Crippen LogP contribution in [0.1, 0.15) is 47.1 Å². The van der Waals surface area contributed by atoms with E-state index in [1.54, 1.807) is 11.3 Å². The maximum absolute atomic E-state index is 10.5. The molecule has 16 heavy (non-hydrogen) atoms. The minimum absolute atomic E-state index is 0.186. The Balaban J connectivity index is 1.82. The van der Waals surface area contributed by atoms with Gasteiger partial charge in [0.15, 0.2) is 0 Å². The molecule has 1 nitrogen and oxygen atoms in total. The summed E-state index contributed by atoms with van der Waals surface area (Å²) in [6.07, 6.45) is 5.23. The number of thiophene rings is 1. The molecule has 0 aliphatic heterocycles. The van der Waals surface area contributed by atoms with E-state index in [9.17, 15) is 5.11 Å². The highest BCUT2D eigenvalue weighted by Gasteiger charge is 2.43. The lowest BCUT2D eigenvalue weighted by molar-refractivity contribution is 0.0770.